The molecule has 0 amide bonds. The molecular formula is C46H31N. The zero-order valence-corrected chi connectivity index (χ0v) is 25.9. The molecule has 1 heterocycles. The summed E-state index contributed by atoms with van der Waals surface area (Å²) >= 11 is 0. The monoisotopic (exact) mass is 597 g/mol. The fourth-order valence-corrected chi connectivity index (χ4v) is 8.35. The van der Waals surface area contributed by atoms with Crippen molar-refractivity contribution in [2.24, 2.45) is 5.92 Å². The molecular weight excluding hydrogens is 567 g/mol. The van der Waals surface area contributed by atoms with E-state index in [1.165, 1.54) is 70.9 Å². The maximum absolute atomic E-state index is 5.20. The molecule has 1 nitrogen and oxygen atoms in total. The van der Waals surface area contributed by atoms with Gasteiger partial charge in [-0.2, -0.15) is 0 Å². The van der Waals surface area contributed by atoms with Crippen LogP contribution in [0.1, 0.15) is 17.5 Å². The third kappa shape index (κ3) is 3.93. The quantitative estimate of drug-likeness (QED) is 0.145. The smallest absolute Gasteiger partial charge is 0.0715 e. The summed E-state index contributed by atoms with van der Waals surface area (Å²) in [5.41, 5.74) is 8.55. The Bertz CT molecular complexity index is 2580. The van der Waals surface area contributed by atoms with E-state index in [4.69, 9.17) is 4.98 Å². The molecule has 2 unspecified atom stereocenters. The van der Waals surface area contributed by atoms with Crippen molar-refractivity contribution in [2.75, 3.05) is 0 Å². The van der Waals surface area contributed by atoms with Gasteiger partial charge in [0, 0.05) is 28.1 Å². The van der Waals surface area contributed by atoms with Crippen LogP contribution in [0.25, 0.3) is 71.0 Å². The Kier molecular flexibility index (Phi) is 5.68. The standard InChI is InChI=1S/C46H31N/c1-3-13-30(14-4-1)32-25-26-46(28-34(46)27-32)45-40-22-12-11-21-39(40)42(41-24-23-33(29-47-41)31-15-5-2-6-16-31)43-37-19-9-7-17-35(37)36-18-8-10-20-38(36)44(43)45/h1-27,29,34H,28H2. The molecule has 0 bridgehead atoms. The Morgan fingerprint density at radius 1 is 0.489 bits per heavy atom. The molecule has 2 atom stereocenters. The Balaban J connectivity index is 1.31. The maximum Gasteiger partial charge on any atom is 0.0715 e. The van der Waals surface area contributed by atoms with Gasteiger partial charge in [0.05, 0.1) is 5.69 Å². The van der Waals surface area contributed by atoms with Gasteiger partial charge < -0.3 is 0 Å². The predicted molar refractivity (Wildman–Crippen MR) is 198 cm³/mol. The van der Waals surface area contributed by atoms with Gasteiger partial charge in [-0.1, -0.05) is 158 Å². The van der Waals surface area contributed by atoms with Gasteiger partial charge in [0.1, 0.15) is 0 Å². The summed E-state index contributed by atoms with van der Waals surface area (Å²) in [4.78, 5) is 5.20. The van der Waals surface area contributed by atoms with Crippen LogP contribution in [0.15, 0.2) is 170 Å². The molecule has 0 N–H and O–H groups in total. The molecule has 1 fully saturated rings. The lowest BCUT2D eigenvalue weighted by molar-refractivity contribution is 0.837. The molecule has 0 radical (unpaired) electrons. The summed E-state index contributed by atoms with van der Waals surface area (Å²) in [7, 11) is 0. The first kappa shape index (κ1) is 26.4. The van der Waals surface area contributed by atoms with Gasteiger partial charge >= 0.3 is 0 Å². The molecule has 2 aliphatic rings. The number of pyridine rings is 1. The van der Waals surface area contributed by atoms with Crippen molar-refractivity contribution in [3.8, 4) is 22.4 Å². The number of fused-ring (bicyclic) bond motifs is 8. The van der Waals surface area contributed by atoms with Crippen LogP contribution in [0.3, 0.4) is 0 Å². The summed E-state index contributed by atoms with van der Waals surface area (Å²) in [6.45, 7) is 0. The Hall–Kier alpha value is -5.79. The van der Waals surface area contributed by atoms with E-state index in [2.05, 4.69) is 164 Å². The van der Waals surface area contributed by atoms with Crippen molar-refractivity contribution < 1.29 is 0 Å². The molecule has 2 aliphatic carbocycles. The first-order valence-electron chi connectivity index (χ1n) is 16.6. The van der Waals surface area contributed by atoms with Crippen LogP contribution in [0, 0.1) is 5.92 Å². The van der Waals surface area contributed by atoms with Gasteiger partial charge in [0.15, 0.2) is 0 Å². The second-order valence-corrected chi connectivity index (χ2v) is 13.1. The average Bonchev–Trinajstić information content (AvgIpc) is 3.89. The van der Waals surface area contributed by atoms with Crippen LogP contribution in [0.2, 0.25) is 0 Å². The molecule has 1 heteroatoms. The number of benzene rings is 7. The number of hydrogen-bond donors (Lipinski definition) is 0. The van der Waals surface area contributed by atoms with Crippen LogP contribution in [0.4, 0.5) is 0 Å². The van der Waals surface area contributed by atoms with E-state index in [1.807, 2.05) is 6.20 Å². The lowest BCUT2D eigenvalue weighted by atomic mass is 9.77. The van der Waals surface area contributed by atoms with Gasteiger partial charge in [0.25, 0.3) is 0 Å². The number of rotatable bonds is 4. The predicted octanol–water partition coefficient (Wildman–Crippen LogP) is 11.9. The van der Waals surface area contributed by atoms with Crippen molar-refractivity contribution in [3.63, 3.8) is 0 Å². The maximum atomic E-state index is 5.20. The van der Waals surface area contributed by atoms with E-state index in [-0.39, 0.29) is 5.41 Å². The first-order valence-corrected chi connectivity index (χ1v) is 16.6. The van der Waals surface area contributed by atoms with Gasteiger partial charge in [-0.25, -0.2) is 0 Å². The van der Waals surface area contributed by atoms with Crippen molar-refractivity contribution in [1.82, 2.24) is 4.98 Å². The third-order valence-corrected chi connectivity index (χ3v) is 10.6. The zero-order chi connectivity index (χ0) is 31.0. The largest absolute Gasteiger partial charge is 0.256 e. The van der Waals surface area contributed by atoms with Crippen LogP contribution >= 0.6 is 0 Å². The minimum atomic E-state index is -0.0511. The van der Waals surface area contributed by atoms with E-state index in [0.29, 0.717) is 5.92 Å². The molecule has 0 saturated heterocycles. The zero-order valence-electron chi connectivity index (χ0n) is 25.9. The lowest BCUT2D eigenvalue weighted by Crippen LogP contribution is -2.11. The number of allylic oxidation sites excluding steroid dienone is 4. The van der Waals surface area contributed by atoms with Crippen LogP contribution in [0.5, 0.6) is 0 Å². The highest BCUT2D eigenvalue weighted by Gasteiger charge is 2.55. The molecule has 10 rings (SSSR count). The Morgan fingerprint density at radius 2 is 1.06 bits per heavy atom. The normalized spacial score (nSPS) is 18.5. The molecule has 1 aromatic heterocycles. The van der Waals surface area contributed by atoms with Crippen molar-refractivity contribution >= 4 is 48.7 Å². The van der Waals surface area contributed by atoms with Gasteiger partial charge in [-0.05, 0) is 78.4 Å². The van der Waals surface area contributed by atoms with Gasteiger partial charge in [0.2, 0.25) is 0 Å². The van der Waals surface area contributed by atoms with Crippen molar-refractivity contribution in [2.45, 2.75) is 11.8 Å². The Morgan fingerprint density at radius 3 is 1.70 bits per heavy atom. The van der Waals surface area contributed by atoms with Crippen molar-refractivity contribution in [1.29, 1.82) is 0 Å². The summed E-state index contributed by atoms with van der Waals surface area (Å²) in [5, 5.41) is 10.5. The lowest BCUT2D eigenvalue weighted by Gasteiger charge is -2.26. The SMILES string of the molecule is C1=CC2(c3c4ccccc4c(-c4ccc(-c5ccccc5)cn4)c4c5ccccc5c5ccccc5c34)CC2C=C1c1ccccc1. The molecule has 8 aromatic rings. The van der Waals surface area contributed by atoms with Crippen LogP contribution < -0.4 is 0 Å². The van der Waals surface area contributed by atoms with Gasteiger partial charge in [-0.3, -0.25) is 4.98 Å². The highest BCUT2D eigenvalue weighted by molar-refractivity contribution is 6.33. The molecule has 0 spiro atoms. The first-order chi connectivity index (χ1) is 23.3. The molecule has 1 saturated carbocycles. The molecule has 0 aliphatic heterocycles. The van der Waals surface area contributed by atoms with E-state index in [9.17, 15) is 0 Å². The second kappa shape index (κ2) is 10.1. The number of hydrogen-bond acceptors (Lipinski definition) is 1. The topological polar surface area (TPSA) is 12.9 Å². The second-order valence-electron chi connectivity index (χ2n) is 13.1. The summed E-state index contributed by atoms with van der Waals surface area (Å²) in [6, 6.07) is 52.8. The van der Waals surface area contributed by atoms with E-state index >= 15 is 0 Å². The third-order valence-electron chi connectivity index (χ3n) is 10.6. The van der Waals surface area contributed by atoms with Crippen LogP contribution in [-0.4, -0.2) is 4.98 Å². The van der Waals surface area contributed by atoms with E-state index < -0.39 is 0 Å². The highest BCUT2D eigenvalue weighted by Crippen LogP contribution is 2.63. The summed E-state index contributed by atoms with van der Waals surface area (Å²) in [6.07, 6.45) is 10.6. The molecule has 220 valence electrons. The minimum absolute atomic E-state index is 0.0511. The average molecular weight is 598 g/mol. The number of aromatic nitrogens is 1. The highest BCUT2D eigenvalue weighted by atomic mass is 14.7. The fourth-order valence-electron chi connectivity index (χ4n) is 8.35. The summed E-state index contributed by atoms with van der Waals surface area (Å²) in [5.74, 6) is 0.452. The van der Waals surface area contributed by atoms with E-state index in [0.717, 1.165) is 17.7 Å². The van der Waals surface area contributed by atoms with Gasteiger partial charge in [-0.15, -0.1) is 0 Å². The molecule has 47 heavy (non-hydrogen) atoms. The van der Waals surface area contributed by atoms with Crippen molar-refractivity contribution in [3.05, 3.63) is 181 Å². The van der Waals surface area contributed by atoms with Crippen LogP contribution in [-0.2, 0) is 5.41 Å². The number of nitrogens with zero attached hydrogens (tertiary/aromatic N) is 1. The Labute approximate surface area is 274 Å². The van der Waals surface area contributed by atoms with E-state index in [1.54, 1.807) is 0 Å². The fraction of sp³-hybridized carbons (Fsp3) is 0.0652. The molecule has 7 aromatic carbocycles. The summed E-state index contributed by atoms with van der Waals surface area (Å²) < 4.78 is 0. The minimum Gasteiger partial charge on any atom is -0.256 e.